The second-order valence-corrected chi connectivity index (χ2v) is 3.16. The predicted molar refractivity (Wildman–Crippen MR) is 50.2 cm³/mol. The molecule has 0 bridgehead atoms. The number of rotatable bonds is 3. The first-order valence-corrected chi connectivity index (χ1v) is 4.54. The van der Waals surface area contributed by atoms with Gasteiger partial charge in [-0.2, -0.15) is 0 Å². The van der Waals surface area contributed by atoms with Crippen LogP contribution < -0.4 is 14.8 Å². The van der Waals surface area contributed by atoms with Crippen LogP contribution in [0.2, 0.25) is 0 Å². The molecule has 1 aromatic rings. The molecule has 4 heteroatoms. The van der Waals surface area contributed by atoms with E-state index >= 15 is 0 Å². The molecule has 0 unspecified atom stereocenters. The van der Waals surface area contributed by atoms with Gasteiger partial charge in [-0.15, -0.1) is 0 Å². The lowest BCUT2D eigenvalue weighted by Gasteiger charge is -2.03. The van der Waals surface area contributed by atoms with Gasteiger partial charge in [0.2, 0.25) is 12.5 Å². The molecule has 0 amide bonds. The highest BCUT2D eigenvalue weighted by atomic mass is 19.1. The summed E-state index contributed by atoms with van der Waals surface area (Å²) in [4.78, 5) is 0. The summed E-state index contributed by atoms with van der Waals surface area (Å²) in [6.45, 7) is 0.931. The molecule has 0 radical (unpaired) electrons. The van der Waals surface area contributed by atoms with Crippen molar-refractivity contribution in [3.8, 4) is 11.5 Å². The summed E-state index contributed by atoms with van der Waals surface area (Å²) < 4.78 is 23.4. The fourth-order valence-corrected chi connectivity index (χ4v) is 1.43. The van der Waals surface area contributed by atoms with Gasteiger partial charge in [0.15, 0.2) is 11.6 Å². The molecule has 1 aliphatic heterocycles. The molecule has 0 saturated heterocycles. The Kier molecular flexibility index (Phi) is 2.54. The van der Waals surface area contributed by atoms with Crippen LogP contribution in [0.5, 0.6) is 11.5 Å². The molecule has 76 valence electrons. The Balaban J connectivity index is 2.23. The highest BCUT2D eigenvalue weighted by molar-refractivity contribution is 5.45. The van der Waals surface area contributed by atoms with Crippen molar-refractivity contribution < 1.29 is 13.9 Å². The van der Waals surface area contributed by atoms with Crippen molar-refractivity contribution in [1.29, 1.82) is 0 Å². The van der Waals surface area contributed by atoms with Gasteiger partial charge in [0.1, 0.15) is 0 Å². The van der Waals surface area contributed by atoms with Crippen molar-refractivity contribution in [2.75, 3.05) is 20.4 Å². The zero-order chi connectivity index (χ0) is 9.97. The molecule has 0 fully saturated rings. The average Bonchev–Trinajstić information content (AvgIpc) is 2.63. The van der Waals surface area contributed by atoms with Crippen LogP contribution in [0, 0.1) is 5.82 Å². The molecule has 0 aliphatic carbocycles. The number of hydrogen-bond acceptors (Lipinski definition) is 3. The fraction of sp³-hybridized carbons (Fsp3) is 0.400. The molecule has 1 heterocycles. The number of benzene rings is 1. The minimum absolute atomic E-state index is 0.113. The number of nitrogens with one attached hydrogen (secondary N) is 1. The number of likely N-dealkylation sites (N-methyl/N-ethyl adjacent to an activating group) is 1. The van der Waals surface area contributed by atoms with Gasteiger partial charge in [0, 0.05) is 0 Å². The van der Waals surface area contributed by atoms with Crippen LogP contribution >= 0.6 is 0 Å². The van der Waals surface area contributed by atoms with Gasteiger partial charge in [0.25, 0.3) is 0 Å². The van der Waals surface area contributed by atoms with E-state index in [0.29, 0.717) is 5.75 Å². The fourth-order valence-electron chi connectivity index (χ4n) is 1.43. The van der Waals surface area contributed by atoms with E-state index in [2.05, 4.69) is 5.32 Å². The molecular formula is C10H12FNO2. The number of halogens is 1. The van der Waals surface area contributed by atoms with Crippen LogP contribution in [-0.4, -0.2) is 20.4 Å². The molecular weight excluding hydrogens is 185 g/mol. The predicted octanol–water partition coefficient (Wildman–Crippen LogP) is 1.32. The molecule has 0 saturated carbocycles. The maximum Gasteiger partial charge on any atom is 0.231 e. The second-order valence-electron chi connectivity index (χ2n) is 3.16. The van der Waals surface area contributed by atoms with Crippen molar-refractivity contribution in [2.45, 2.75) is 6.42 Å². The van der Waals surface area contributed by atoms with Crippen molar-refractivity contribution in [2.24, 2.45) is 0 Å². The van der Waals surface area contributed by atoms with E-state index in [9.17, 15) is 4.39 Å². The summed E-state index contributed by atoms with van der Waals surface area (Å²) in [6, 6.07) is 3.31. The van der Waals surface area contributed by atoms with Crippen LogP contribution in [0.4, 0.5) is 4.39 Å². The van der Waals surface area contributed by atoms with E-state index in [1.807, 2.05) is 13.1 Å². The number of ether oxygens (including phenoxy) is 2. The first-order chi connectivity index (χ1) is 6.81. The third kappa shape index (κ3) is 1.65. The average molecular weight is 197 g/mol. The van der Waals surface area contributed by atoms with E-state index in [4.69, 9.17) is 9.47 Å². The quantitative estimate of drug-likeness (QED) is 0.792. The second kappa shape index (κ2) is 3.84. The maximum atomic E-state index is 13.4. The van der Waals surface area contributed by atoms with E-state index in [1.54, 1.807) is 0 Å². The molecule has 1 aromatic carbocycles. The minimum atomic E-state index is -0.342. The SMILES string of the molecule is CNCCc1cc(F)c2c(c1)OCO2. The van der Waals surface area contributed by atoms with E-state index in [1.165, 1.54) is 6.07 Å². The Labute approximate surface area is 81.8 Å². The lowest BCUT2D eigenvalue weighted by atomic mass is 10.1. The van der Waals surface area contributed by atoms with Crippen molar-refractivity contribution in [1.82, 2.24) is 5.32 Å². The lowest BCUT2D eigenvalue weighted by molar-refractivity contribution is 0.171. The summed E-state index contributed by atoms with van der Waals surface area (Å²) in [5, 5.41) is 3.01. The van der Waals surface area contributed by atoms with Crippen molar-refractivity contribution >= 4 is 0 Å². The van der Waals surface area contributed by atoms with Crippen LogP contribution in [-0.2, 0) is 6.42 Å². The number of fused-ring (bicyclic) bond motifs is 1. The van der Waals surface area contributed by atoms with Gasteiger partial charge >= 0.3 is 0 Å². The van der Waals surface area contributed by atoms with Crippen LogP contribution in [0.3, 0.4) is 0 Å². The molecule has 0 atom stereocenters. The summed E-state index contributed by atoms with van der Waals surface area (Å²) in [5.74, 6) is 0.403. The highest BCUT2D eigenvalue weighted by Gasteiger charge is 2.18. The van der Waals surface area contributed by atoms with Gasteiger partial charge in [-0.25, -0.2) is 4.39 Å². The molecule has 3 nitrogen and oxygen atoms in total. The van der Waals surface area contributed by atoms with E-state index in [0.717, 1.165) is 18.5 Å². The summed E-state index contributed by atoms with van der Waals surface area (Å²) in [6.07, 6.45) is 0.782. The van der Waals surface area contributed by atoms with Crippen molar-refractivity contribution in [3.63, 3.8) is 0 Å². The molecule has 0 aromatic heterocycles. The highest BCUT2D eigenvalue weighted by Crippen LogP contribution is 2.35. The van der Waals surface area contributed by atoms with Gasteiger partial charge in [-0.1, -0.05) is 0 Å². The normalized spacial score (nSPS) is 13.3. The molecule has 1 aliphatic rings. The monoisotopic (exact) mass is 197 g/mol. The van der Waals surface area contributed by atoms with Gasteiger partial charge in [-0.05, 0) is 37.7 Å². The summed E-state index contributed by atoms with van der Waals surface area (Å²) in [5.41, 5.74) is 0.918. The Hall–Kier alpha value is -1.29. The smallest absolute Gasteiger partial charge is 0.231 e. The minimum Gasteiger partial charge on any atom is -0.453 e. The van der Waals surface area contributed by atoms with Gasteiger partial charge in [-0.3, -0.25) is 0 Å². The third-order valence-corrected chi connectivity index (χ3v) is 2.15. The Morgan fingerprint density at radius 3 is 3.07 bits per heavy atom. The van der Waals surface area contributed by atoms with Gasteiger partial charge < -0.3 is 14.8 Å². The van der Waals surface area contributed by atoms with Gasteiger partial charge in [0.05, 0.1) is 0 Å². The molecule has 2 rings (SSSR count). The topological polar surface area (TPSA) is 30.5 Å². The lowest BCUT2D eigenvalue weighted by Crippen LogP contribution is -2.10. The third-order valence-electron chi connectivity index (χ3n) is 2.15. The standard InChI is InChI=1S/C10H12FNO2/c1-12-3-2-7-4-8(11)10-9(5-7)13-6-14-10/h4-5,12H,2-3,6H2,1H3. The zero-order valence-electron chi connectivity index (χ0n) is 7.97. The number of hydrogen-bond donors (Lipinski definition) is 1. The zero-order valence-corrected chi connectivity index (χ0v) is 7.97. The first-order valence-electron chi connectivity index (χ1n) is 4.54. The summed E-state index contributed by atoms with van der Waals surface area (Å²) >= 11 is 0. The van der Waals surface area contributed by atoms with Crippen molar-refractivity contribution in [3.05, 3.63) is 23.5 Å². The Morgan fingerprint density at radius 1 is 1.43 bits per heavy atom. The van der Waals surface area contributed by atoms with Crippen LogP contribution in [0.25, 0.3) is 0 Å². The molecule has 14 heavy (non-hydrogen) atoms. The summed E-state index contributed by atoms with van der Waals surface area (Å²) in [7, 11) is 1.86. The Bertz CT molecular complexity index is 341. The molecule has 1 N–H and O–H groups in total. The van der Waals surface area contributed by atoms with E-state index < -0.39 is 0 Å². The first kappa shape index (κ1) is 9.27. The van der Waals surface area contributed by atoms with Crippen LogP contribution in [0.15, 0.2) is 12.1 Å². The van der Waals surface area contributed by atoms with E-state index in [-0.39, 0.29) is 18.4 Å². The molecule has 0 spiro atoms. The maximum absolute atomic E-state index is 13.4. The Morgan fingerprint density at radius 2 is 2.29 bits per heavy atom. The van der Waals surface area contributed by atoms with Crippen LogP contribution in [0.1, 0.15) is 5.56 Å². The largest absolute Gasteiger partial charge is 0.453 e.